The van der Waals surface area contributed by atoms with Crippen molar-refractivity contribution in [2.45, 2.75) is 45.9 Å². The lowest BCUT2D eigenvalue weighted by atomic mass is 10.2. The Hall–Kier alpha value is -0.580. The Labute approximate surface area is 102 Å². The van der Waals surface area contributed by atoms with Crippen molar-refractivity contribution >= 4 is 11.6 Å². The highest BCUT2D eigenvalue weighted by Gasteiger charge is 2.19. The second kappa shape index (κ2) is 5.17. The molecule has 0 radical (unpaired) electrons. The highest BCUT2D eigenvalue weighted by Crippen LogP contribution is 2.22. The van der Waals surface area contributed by atoms with Crippen LogP contribution >= 0.6 is 11.6 Å². The van der Waals surface area contributed by atoms with Crippen LogP contribution in [0.4, 0.5) is 0 Å². The quantitative estimate of drug-likeness (QED) is 0.886. The van der Waals surface area contributed by atoms with E-state index >= 15 is 0 Å². The first-order valence-electron chi connectivity index (χ1n) is 5.46. The van der Waals surface area contributed by atoms with Gasteiger partial charge >= 0.3 is 0 Å². The topological polar surface area (TPSA) is 53.1 Å². The van der Waals surface area contributed by atoms with Crippen LogP contribution < -0.4 is 5.73 Å². The SMILES string of the molecule is CCn1ncc(Cl)c1C(N)COC(C)(C)C. The van der Waals surface area contributed by atoms with Gasteiger partial charge in [0.1, 0.15) is 0 Å². The Morgan fingerprint density at radius 3 is 2.69 bits per heavy atom. The second-order valence-electron chi connectivity index (χ2n) is 4.72. The van der Waals surface area contributed by atoms with Gasteiger partial charge in [0.15, 0.2) is 0 Å². The predicted molar refractivity (Wildman–Crippen MR) is 65.5 cm³/mol. The maximum absolute atomic E-state index is 6.05. The number of aryl methyl sites for hydroxylation is 1. The van der Waals surface area contributed by atoms with Crippen LogP contribution in [0.15, 0.2) is 6.20 Å². The van der Waals surface area contributed by atoms with E-state index in [-0.39, 0.29) is 11.6 Å². The average Bonchev–Trinajstić information content (AvgIpc) is 2.55. The summed E-state index contributed by atoms with van der Waals surface area (Å²) < 4.78 is 7.45. The minimum Gasteiger partial charge on any atom is -0.374 e. The van der Waals surface area contributed by atoms with Gasteiger partial charge in [0.05, 0.1) is 35.2 Å². The molecule has 1 unspecified atom stereocenters. The molecule has 16 heavy (non-hydrogen) atoms. The molecular weight excluding hydrogens is 226 g/mol. The maximum atomic E-state index is 6.05. The van der Waals surface area contributed by atoms with Gasteiger partial charge in [0.2, 0.25) is 0 Å². The highest BCUT2D eigenvalue weighted by molar-refractivity contribution is 6.31. The van der Waals surface area contributed by atoms with Gasteiger partial charge in [-0.05, 0) is 27.7 Å². The lowest BCUT2D eigenvalue weighted by Crippen LogP contribution is -2.28. The van der Waals surface area contributed by atoms with Gasteiger partial charge < -0.3 is 10.5 Å². The van der Waals surface area contributed by atoms with E-state index in [2.05, 4.69) is 5.10 Å². The molecule has 0 amide bonds. The van der Waals surface area contributed by atoms with Gasteiger partial charge in [0.25, 0.3) is 0 Å². The van der Waals surface area contributed by atoms with Crippen LogP contribution in [0.5, 0.6) is 0 Å². The summed E-state index contributed by atoms with van der Waals surface area (Å²) in [5.74, 6) is 0. The van der Waals surface area contributed by atoms with Gasteiger partial charge in [-0.1, -0.05) is 11.6 Å². The molecule has 0 saturated carbocycles. The largest absolute Gasteiger partial charge is 0.374 e. The minimum absolute atomic E-state index is 0.193. The molecule has 2 N–H and O–H groups in total. The van der Waals surface area contributed by atoms with Crippen molar-refractivity contribution in [3.8, 4) is 0 Å². The lowest BCUT2D eigenvalue weighted by molar-refractivity contribution is -0.0111. The molecule has 0 aliphatic carbocycles. The average molecular weight is 246 g/mol. The standard InChI is InChI=1S/C11H20ClN3O/c1-5-15-10(8(12)6-14-15)9(13)7-16-11(2,3)4/h6,9H,5,7,13H2,1-4H3. The molecule has 1 aromatic rings. The van der Waals surface area contributed by atoms with Gasteiger partial charge in [-0.3, -0.25) is 4.68 Å². The van der Waals surface area contributed by atoms with Crippen molar-refractivity contribution in [2.24, 2.45) is 5.73 Å². The van der Waals surface area contributed by atoms with Crippen LogP contribution in [0.25, 0.3) is 0 Å². The van der Waals surface area contributed by atoms with Crippen LogP contribution in [-0.4, -0.2) is 22.0 Å². The van der Waals surface area contributed by atoms with E-state index in [1.807, 2.05) is 27.7 Å². The zero-order valence-corrected chi connectivity index (χ0v) is 11.1. The Morgan fingerprint density at radius 1 is 1.56 bits per heavy atom. The number of nitrogens with two attached hydrogens (primary N) is 1. The first kappa shape index (κ1) is 13.5. The molecule has 0 fully saturated rings. The number of hydrogen-bond donors (Lipinski definition) is 1. The summed E-state index contributed by atoms with van der Waals surface area (Å²) in [4.78, 5) is 0. The van der Waals surface area contributed by atoms with E-state index in [0.717, 1.165) is 12.2 Å². The number of aromatic nitrogens is 2. The van der Waals surface area contributed by atoms with Crippen molar-refractivity contribution in [1.82, 2.24) is 9.78 Å². The van der Waals surface area contributed by atoms with Crippen molar-refractivity contribution in [3.05, 3.63) is 16.9 Å². The van der Waals surface area contributed by atoms with E-state index in [9.17, 15) is 0 Å². The zero-order valence-electron chi connectivity index (χ0n) is 10.3. The maximum Gasteiger partial charge on any atom is 0.0834 e. The zero-order chi connectivity index (χ0) is 12.3. The molecule has 0 spiro atoms. The molecule has 0 aliphatic rings. The van der Waals surface area contributed by atoms with E-state index in [1.165, 1.54) is 0 Å². The summed E-state index contributed by atoms with van der Waals surface area (Å²) >= 11 is 6.05. The van der Waals surface area contributed by atoms with Crippen LogP contribution in [0.2, 0.25) is 5.02 Å². The van der Waals surface area contributed by atoms with E-state index in [4.69, 9.17) is 22.1 Å². The number of hydrogen-bond acceptors (Lipinski definition) is 3. The van der Waals surface area contributed by atoms with Crippen molar-refractivity contribution < 1.29 is 4.74 Å². The third-order valence-corrected chi connectivity index (χ3v) is 2.47. The summed E-state index contributed by atoms with van der Waals surface area (Å²) in [6, 6.07) is -0.242. The van der Waals surface area contributed by atoms with E-state index < -0.39 is 0 Å². The molecule has 0 bridgehead atoms. The number of halogens is 1. The normalized spacial score (nSPS) is 14.1. The Morgan fingerprint density at radius 2 is 2.19 bits per heavy atom. The Bertz CT molecular complexity index is 343. The summed E-state index contributed by atoms with van der Waals surface area (Å²) in [5.41, 5.74) is 6.70. The van der Waals surface area contributed by atoms with E-state index in [0.29, 0.717) is 11.6 Å². The fourth-order valence-electron chi connectivity index (χ4n) is 1.41. The lowest BCUT2D eigenvalue weighted by Gasteiger charge is -2.23. The van der Waals surface area contributed by atoms with Crippen LogP contribution in [0.1, 0.15) is 39.4 Å². The summed E-state index contributed by atoms with van der Waals surface area (Å²) in [6.07, 6.45) is 1.62. The highest BCUT2D eigenvalue weighted by atomic mass is 35.5. The first-order chi connectivity index (χ1) is 7.35. The molecule has 4 nitrogen and oxygen atoms in total. The molecule has 0 aliphatic heterocycles. The third kappa shape index (κ3) is 3.47. The van der Waals surface area contributed by atoms with Crippen molar-refractivity contribution in [1.29, 1.82) is 0 Å². The van der Waals surface area contributed by atoms with Gasteiger partial charge in [-0.2, -0.15) is 5.10 Å². The first-order valence-corrected chi connectivity index (χ1v) is 5.83. The van der Waals surface area contributed by atoms with Crippen LogP contribution in [-0.2, 0) is 11.3 Å². The third-order valence-electron chi connectivity index (χ3n) is 2.18. The van der Waals surface area contributed by atoms with Crippen LogP contribution in [0.3, 0.4) is 0 Å². The molecule has 1 aromatic heterocycles. The Kier molecular flexibility index (Phi) is 4.35. The molecular formula is C11H20ClN3O. The summed E-state index contributed by atoms with van der Waals surface area (Å²) in [5, 5.41) is 4.75. The number of nitrogens with zero attached hydrogens (tertiary/aromatic N) is 2. The summed E-state index contributed by atoms with van der Waals surface area (Å²) in [7, 11) is 0. The molecule has 1 heterocycles. The molecule has 1 rings (SSSR count). The van der Waals surface area contributed by atoms with Gasteiger partial charge in [0, 0.05) is 6.54 Å². The number of rotatable bonds is 4. The molecule has 1 atom stereocenters. The summed E-state index contributed by atoms with van der Waals surface area (Å²) in [6.45, 7) is 9.19. The second-order valence-corrected chi connectivity index (χ2v) is 5.13. The molecule has 0 saturated heterocycles. The Balaban J connectivity index is 2.72. The van der Waals surface area contributed by atoms with Crippen molar-refractivity contribution in [3.63, 3.8) is 0 Å². The predicted octanol–water partition coefficient (Wildman–Crippen LogP) is 2.37. The number of ether oxygens (including phenoxy) is 1. The fraction of sp³-hybridized carbons (Fsp3) is 0.727. The van der Waals surface area contributed by atoms with Crippen molar-refractivity contribution in [2.75, 3.05) is 6.61 Å². The monoisotopic (exact) mass is 245 g/mol. The minimum atomic E-state index is -0.242. The molecule has 5 heteroatoms. The smallest absolute Gasteiger partial charge is 0.0834 e. The molecule has 92 valence electrons. The van der Waals surface area contributed by atoms with Gasteiger partial charge in [-0.15, -0.1) is 0 Å². The fourth-order valence-corrected chi connectivity index (χ4v) is 1.69. The van der Waals surface area contributed by atoms with E-state index in [1.54, 1.807) is 10.9 Å². The molecule has 0 aromatic carbocycles. The van der Waals surface area contributed by atoms with Crippen LogP contribution in [0, 0.1) is 0 Å². The van der Waals surface area contributed by atoms with Gasteiger partial charge in [-0.25, -0.2) is 0 Å².